The lowest BCUT2D eigenvalue weighted by molar-refractivity contribution is -0.138. The molecule has 1 fully saturated rings. The van der Waals surface area contributed by atoms with E-state index in [1.807, 2.05) is 11.7 Å². The number of rotatable bonds is 4. The summed E-state index contributed by atoms with van der Waals surface area (Å²) in [5, 5.41) is 8.85. The molecule has 1 saturated heterocycles. The van der Waals surface area contributed by atoms with E-state index < -0.39 is 5.97 Å². The van der Waals surface area contributed by atoms with E-state index in [0.29, 0.717) is 18.4 Å². The van der Waals surface area contributed by atoms with E-state index in [4.69, 9.17) is 5.11 Å². The summed E-state index contributed by atoms with van der Waals surface area (Å²) in [5.41, 5.74) is 1.85. The van der Waals surface area contributed by atoms with Crippen molar-refractivity contribution in [2.24, 2.45) is 5.92 Å². The van der Waals surface area contributed by atoms with Crippen molar-refractivity contribution in [2.45, 2.75) is 32.2 Å². The Kier molecular flexibility index (Phi) is 4.12. The van der Waals surface area contributed by atoms with Crippen LogP contribution in [0.25, 0.3) is 0 Å². The Morgan fingerprint density at radius 2 is 2.59 bits per heavy atom. The Hall–Kier alpha value is -0.940. The molecule has 2 unspecified atom stereocenters. The lowest BCUT2D eigenvalue weighted by atomic mass is 9.94. The van der Waals surface area contributed by atoms with Crippen molar-refractivity contribution in [3.63, 3.8) is 0 Å². The third-order valence-electron chi connectivity index (χ3n) is 3.42. The third kappa shape index (κ3) is 3.26. The highest BCUT2D eigenvalue weighted by molar-refractivity contribution is 7.09. The Labute approximate surface area is 105 Å². The predicted molar refractivity (Wildman–Crippen MR) is 67.1 cm³/mol. The first-order valence-corrected chi connectivity index (χ1v) is 6.89. The van der Waals surface area contributed by atoms with Crippen LogP contribution in [0.1, 0.15) is 37.1 Å². The molecule has 2 heterocycles. The molecule has 0 aromatic carbocycles. The fourth-order valence-electron chi connectivity index (χ4n) is 2.47. The maximum atomic E-state index is 10.7. The van der Waals surface area contributed by atoms with Crippen molar-refractivity contribution >= 4 is 17.3 Å². The van der Waals surface area contributed by atoms with Gasteiger partial charge >= 0.3 is 5.97 Å². The van der Waals surface area contributed by atoms with E-state index in [2.05, 4.69) is 16.8 Å². The van der Waals surface area contributed by atoms with Gasteiger partial charge in [-0.1, -0.05) is 0 Å². The van der Waals surface area contributed by atoms with Crippen LogP contribution in [0.3, 0.4) is 0 Å². The molecule has 0 bridgehead atoms. The third-order valence-corrected chi connectivity index (χ3v) is 4.37. The Morgan fingerprint density at radius 3 is 3.24 bits per heavy atom. The SMILES string of the molecule is CC(c1cncs1)N1CCCC(CC(=O)O)C1. The summed E-state index contributed by atoms with van der Waals surface area (Å²) >= 11 is 1.67. The van der Waals surface area contributed by atoms with Crippen molar-refractivity contribution in [3.8, 4) is 0 Å². The molecule has 1 aliphatic heterocycles. The molecule has 1 aliphatic rings. The summed E-state index contributed by atoms with van der Waals surface area (Å²) in [6, 6.07) is 0.360. The summed E-state index contributed by atoms with van der Waals surface area (Å²) in [5.74, 6) is -0.376. The van der Waals surface area contributed by atoms with Crippen LogP contribution in [-0.2, 0) is 4.79 Å². The van der Waals surface area contributed by atoms with Crippen LogP contribution in [0.2, 0.25) is 0 Å². The molecule has 1 aromatic heterocycles. The zero-order chi connectivity index (χ0) is 12.3. The molecular weight excluding hydrogens is 236 g/mol. The molecule has 4 nitrogen and oxygen atoms in total. The summed E-state index contributed by atoms with van der Waals surface area (Å²) in [7, 11) is 0. The molecule has 17 heavy (non-hydrogen) atoms. The summed E-state index contributed by atoms with van der Waals surface area (Å²) in [6.07, 6.45) is 4.35. The highest BCUT2D eigenvalue weighted by atomic mass is 32.1. The normalized spacial score (nSPS) is 23.5. The van der Waals surface area contributed by atoms with Gasteiger partial charge < -0.3 is 5.11 Å². The monoisotopic (exact) mass is 254 g/mol. The van der Waals surface area contributed by atoms with Crippen LogP contribution >= 0.6 is 11.3 Å². The van der Waals surface area contributed by atoms with Gasteiger partial charge in [-0.2, -0.15) is 0 Å². The number of thiazole rings is 1. The number of nitrogens with zero attached hydrogens (tertiary/aromatic N) is 2. The fraction of sp³-hybridized carbons (Fsp3) is 0.667. The number of piperidine rings is 1. The Morgan fingerprint density at radius 1 is 1.76 bits per heavy atom. The predicted octanol–water partition coefficient (Wildman–Crippen LogP) is 2.39. The van der Waals surface area contributed by atoms with Crippen LogP contribution in [0.5, 0.6) is 0 Å². The molecule has 0 aliphatic carbocycles. The molecule has 2 rings (SSSR count). The number of hydrogen-bond acceptors (Lipinski definition) is 4. The van der Waals surface area contributed by atoms with E-state index in [9.17, 15) is 4.79 Å². The van der Waals surface area contributed by atoms with Crippen LogP contribution < -0.4 is 0 Å². The molecule has 1 aromatic rings. The number of carboxylic acid groups (broad SMARTS) is 1. The second-order valence-corrected chi connectivity index (χ2v) is 5.60. The minimum absolute atomic E-state index is 0.298. The van der Waals surface area contributed by atoms with Crippen LogP contribution in [0, 0.1) is 5.92 Å². The lowest BCUT2D eigenvalue weighted by Gasteiger charge is -2.35. The minimum Gasteiger partial charge on any atom is -0.481 e. The van der Waals surface area contributed by atoms with Gasteiger partial charge in [0.15, 0.2) is 0 Å². The largest absolute Gasteiger partial charge is 0.481 e. The van der Waals surface area contributed by atoms with Crippen molar-refractivity contribution in [2.75, 3.05) is 13.1 Å². The van der Waals surface area contributed by atoms with Crippen LogP contribution in [0.15, 0.2) is 11.7 Å². The van der Waals surface area contributed by atoms with Gasteiger partial charge in [-0.05, 0) is 32.2 Å². The maximum Gasteiger partial charge on any atom is 0.303 e. The average Bonchev–Trinajstić information content (AvgIpc) is 2.81. The molecule has 0 amide bonds. The zero-order valence-corrected chi connectivity index (χ0v) is 10.8. The molecule has 0 radical (unpaired) electrons. The summed E-state index contributed by atoms with van der Waals surface area (Å²) < 4.78 is 0. The standard InChI is InChI=1S/C12H18N2O2S/c1-9(11-6-13-8-17-11)14-4-2-3-10(7-14)5-12(15)16/h6,8-10H,2-5,7H2,1H3,(H,15,16). The zero-order valence-electron chi connectivity index (χ0n) is 10.0. The Balaban J connectivity index is 1.95. The molecule has 1 N–H and O–H groups in total. The summed E-state index contributed by atoms with van der Waals surface area (Å²) in [6.45, 7) is 4.14. The van der Waals surface area contributed by atoms with Crippen molar-refractivity contribution in [3.05, 3.63) is 16.6 Å². The smallest absolute Gasteiger partial charge is 0.303 e. The van der Waals surface area contributed by atoms with Gasteiger partial charge in [0.1, 0.15) is 0 Å². The number of aliphatic carboxylic acids is 1. The molecule has 2 atom stereocenters. The first kappa shape index (κ1) is 12.5. The lowest BCUT2D eigenvalue weighted by Crippen LogP contribution is -2.37. The van der Waals surface area contributed by atoms with E-state index in [-0.39, 0.29) is 0 Å². The van der Waals surface area contributed by atoms with Gasteiger partial charge in [0.25, 0.3) is 0 Å². The quantitative estimate of drug-likeness (QED) is 0.896. The Bertz CT molecular complexity index is 367. The minimum atomic E-state index is -0.678. The van der Waals surface area contributed by atoms with Crippen LogP contribution in [0.4, 0.5) is 0 Å². The van der Waals surface area contributed by atoms with Gasteiger partial charge in [0, 0.05) is 30.1 Å². The first-order chi connectivity index (χ1) is 8.16. The summed E-state index contributed by atoms with van der Waals surface area (Å²) in [4.78, 5) is 18.5. The molecule has 94 valence electrons. The first-order valence-electron chi connectivity index (χ1n) is 6.01. The van der Waals surface area contributed by atoms with Crippen molar-refractivity contribution in [1.29, 1.82) is 0 Å². The molecule has 5 heteroatoms. The van der Waals surface area contributed by atoms with Crippen molar-refractivity contribution < 1.29 is 9.90 Å². The number of carboxylic acids is 1. The van der Waals surface area contributed by atoms with Gasteiger partial charge in [-0.3, -0.25) is 14.7 Å². The number of carbonyl (C=O) groups is 1. The molecular formula is C12H18N2O2S. The second-order valence-electron chi connectivity index (χ2n) is 4.68. The fourth-order valence-corrected chi connectivity index (χ4v) is 3.19. The molecule has 0 spiro atoms. The van der Waals surface area contributed by atoms with E-state index >= 15 is 0 Å². The van der Waals surface area contributed by atoms with E-state index in [1.54, 1.807) is 11.3 Å². The van der Waals surface area contributed by atoms with Gasteiger partial charge in [-0.15, -0.1) is 11.3 Å². The van der Waals surface area contributed by atoms with Gasteiger partial charge in [0.05, 0.1) is 5.51 Å². The number of hydrogen-bond donors (Lipinski definition) is 1. The van der Waals surface area contributed by atoms with Crippen molar-refractivity contribution in [1.82, 2.24) is 9.88 Å². The average molecular weight is 254 g/mol. The number of aromatic nitrogens is 1. The highest BCUT2D eigenvalue weighted by Gasteiger charge is 2.26. The van der Waals surface area contributed by atoms with E-state index in [1.165, 1.54) is 4.88 Å². The van der Waals surface area contributed by atoms with Crippen LogP contribution in [-0.4, -0.2) is 34.0 Å². The second kappa shape index (κ2) is 5.60. The van der Waals surface area contributed by atoms with Gasteiger partial charge in [0.2, 0.25) is 0 Å². The van der Waals surface area contributed by atoms with E-state index in [0.717, 1.165) is 25.9 Å². The topological polar surface area (TPSA) is 53.4 Å². The number of likely N-dealkylation sites (tertiary alicyclic amines) is 1. The molecule has 0 saturated carbocycles. The highest BCUT2D eigenvalue weighted by Crippen LogP contribution is 2.29. The maximum absolute atomic E-state index is 10.7. The van der Waals surface area contributed by atoms with Gasteiger partial charge in [-0.25, -0.2) is 0 Å².